The number of piperazine rings is 1. The lowest BCUT2D eigenvalue weighted by Crippen LogP contribution is -2.61. The molecule has 2 heterocycles. The van der Waals surface area contributed by atoms with Gasteiger partial charge >= 0.3 is 0 Å². The number of sulfone groups is 1. The van der Waals surface area contributed by atoms with E-state index >= 15 is 0 Å². The SMILES string of the molecule is CC(C)CN1CCN(C(=O)c2ccc(C#N)cc2)[C@H]2CS(=O)(=O)C[C@H]21. The van der Waals surface area contributed by atoms with E-state index in [-0.39, 0.29) is 29.5 Å². The first kappa shape index (κ1) is 17.9. The molecule has 0 bridgehead atoms. The molecule has 2 aliphatic rings. The van der Waals surface area contributed by atoms with Gasteiger partial charge in [-0.1, -0.05) is 13.8 Å². The summed E-state index contributed by atoms with van der Waals surface area (Å²) in [5, 5.41) is 8.88. The van der Waals surface area contributed by atoms with Crippen LogP contribution in [0, 0.1) is 17.2 Å². The molecule has 1 aromatic carbocycles. The van der Waals surface area contributed by atoms with Gasteiger partial charge in [-0.2, -0.15) is 5.26 Å². The van der Waals surface area contributed by atoms with Gasteiger partial charge in [0, 0.05) is 31.2 Å². The summed E-state index contributed by atoms with van der Waals surface area (Å²) in [5.41, 5.74) is 0.999. The molecule has 0 spiro atoms. The average Bonchev–Trinajstić information content (AvgIpc) is 2.90. The molecule has 2 atom stereocenters. The molecule has 7 heteroatoms. The van der Waals surface area contributed by atoms with E-state index in [1.165, 1.54) is 0 Å². The lowest BCUT2D eigenvalue weighted by atomic mass is 10.0. The van der Waals surface area contributed by atoms with Crippen LogP contribution in [0.5, 0.6) is 0 Å². The van der Waals surface area contributed by atoms with Crippen LogP contribution in [0.1, 0.15) is 29.8 Å². The van der Waals surface area contributed by atoms with Gasteiger partial charge in [-0.15, -0.1) is 0 Å². The first-order valence-corrected chi connectivity index (χ1v) is 10.4. The van der Waals surface area contributed by atoms with Crippen LogP contribution in [0.15, 0.2) is 24.3 Å². The molecule has 2 fully saturated rings. The van der Waals surface area contributed by atoms with Gasteiger partial charge < -0.3 is 4.90 Å². The number of nitriles is 1. The molecule has 1 aromatic rings. The third-order valence-electron chi connectivity index (χ3n) is 4.91. The van der Waals surface area contributed by atoms with Gasteiger partial charge in [0.1, 0.15) is 0 Å². The normalized spacial score (nSPS) is 25.6. The van der Waals surface area contributed by atoms with Crippen molar-refractivity contribution >= 4 is 15.7 Å². The van der Waals surface area contributed by atoms with Crippen LogP contribution >= 0.6 is 0 Å². The third-order valence-corrected chi connectivity index (χ3v) is 6.61. The first-order chi connectivity index (χ1) is 11.8. The zero-order chi connectivity index (χ0) is 18.2. The Hall–Kier alpha value is -1.91. The average molecular weight is 361 g/mol. The van der Waals surface area contributed by atoms with Crippen LogP contribution in [-0.4, -0.2) is 67.3 Å². The Morgan fingerprint density at radius 2 is 1.84 bits per heavy atom. The van der Waals surface area contributed by atoms with Gasteiger partial charge in [-0.25, -0.2) is 8.42 Å². The number of carbonyl (C=O) groups is 1. The molecule has 0 unspecified atom stereocenters. The second-order valence-corrected chi connectivity index (χ2v) is 9.44. The molecule has 0 aromatic heterocycles. The monoisotopic (exact) mass is 361 g/mol. The predicted molar refractivity (Wildman–Crippen MR) is 94.8 cm³/mol. The molecular weight excluding hydrogens is 338 g/mol. The lowest BCUT2D eigenvalue weighted by molar-refractivity contribution is 0.0297. The Kier molecular flexibility index (Phi) is 4.85. The molecule has 3 rings (SSSR count). The van der Waals surface area contributed by atoms with Crippen LogP contribution in [0.25, 0.3) is 0 Å². The summed E-state index contributed by atoms with van der Waals surface area (Å²) in [6, 6.07) is 8.13. The number of carbonyl (C=O) groups excluding carboxylic acids is 1. The zero-order valence-corrected chi connectivity index (χ0v) is 15.4. The number of hydrogen-bond acceptors (Lipinski definition) is 5. The van der Waals surface area contributed by atoms with Crippen molar-refractivity contribution in [3.05, 3.63) is 35.4 Å². The molecule has 0 aliphatic carbocycles. The minimum absolute atomic E-state index is 0.0360. The maximum atomic E-state index is 12.9. The highest BCUT2D eigenvalue weighted by Crippen LogP contribution is 2.28. The minimum atomic E-state index is -3.14. The molecule has 2 saturated heterocycles. The van der Waals surface area contributed by atoms with E-state index < -0.39 is 9.84 Å². The van der Waals surface area contributed by atoms with Crippen molar-refractivity contribution in [2.75, 3.05) is 31.1 Å². The van der Waals surface area contributed by atoms with Crippen LogP contribution in [0.3, 0.4) is 0 Å². The highest BCUT2D eigenvalue weighted by Gasteiger charge is 2.48. The van der Waals surface area contributed by atoms with Crippen LogP contribution in [0.2, 0.25) is 0 Å². The third kappa shape index (κ3) is 3.70. The van der Waals surface area contributed by atoms with Crippen molar-refractivity contribution in [2.24, 2.45) is 5.92 Å². The van der Waals surface area contributed by atoms with Crippen molar-refractivity contribution in [1.82, 2.24) is 9.80 Å². The van der Waals surface area contributed by atoms with E-state index in [1.807, 2.05) is 6.07 Å². The van der Waals surface area contributed by atoms with Gasteiger partial charge in [0.05, 0.1) is 29.2 Å². The van der Waals surface area contributed by atoms with E-state index in [9.17, 15) is 13.2 Å². The summed E-state index contributed by atoms with van der Waals surface area (Å²) in [6.07, 6.45) is 0. The van der Waals surface area contributed by atoms with Gasteiger partial charge in [-0.3, -0.25) is 9.69 Å². The Morgan fingerprint density at radius 3 is 2.44 bits per heavy atom. The maximum Gasteiger partial charge on any atom is 0.254 e. The number of hydrogen-bond donors (Lipinski definition) is 0. The number of amides is 1. The highest BCUT2D eigenvalue weighted by molar-refractivity contribution is 7.91. The number of rotatable bonds is 3. The second-order valence-electron chi connectivity index (χ2n) is 7.29. The van der Waals surface area contributed by atoms with Gasteiger partial charge in [0.25, 0.3) is 5.91 Å². The van der Waals surface area contributed by atoms with Crippen molar-refractivity contribution in [2.45, 2.75) is 25.9 Å². The van der Waals surface area contributed by atoms with Gasteiger partial charge in [0.2, 0.25) is 0 Å². The Morgan fingerprint density at radius 1 is 1.20 bits per heavy atom. The van der Waals surface area contributed by atoms with Gasteiger partial charge in [0.15, 0.2) is 9.84 Å². The van der Waals surface area contributed by atoms with E-state index in [4.69, 9.17) is 5.26 Å². The molecule has 134 valence electrons. The topological polar surface area (TPSA) is 81.5 Å². The number of fused-ring (bicyclic) bond motifs is 1. The van der Waals surface area contributed by atoms with Crippen LogP contribution in [0.4, 0.5) is 0 Å². The standard InChI is InChI=1S/C18H23N3O3S/c1-13(2)10-20-7-8-21(17-12-25(23,24)11-16(17)20)18(22)15-5-3-14(9-19)4-6-15/h3-6,13,16-17H,7-8,10-12H2,1-2H3/t16-,17+/m1/s1. The largest absolute Gasteiger partial charge is 0.332 e. The lowest BCUT2D eigenvalue weighted by Gasteiger charge is -2.44. The van der Waals surface area contributed by atoms with E-state index in [2.05, 4.69) is 18.7 Å². The molecule has 1 amide bonds. The molecule has 0 saturated carbocycles. The minimum Gasteiger partial charge on any atom is -0.332 e. The fourth-order valence-electron chi connectivity index (χ4n) is 3.83. The molecule has 6 nitrogen and oxygen atoms in total. The summed E-state index contributed by atoms with van der Waals surface area (Å²) in [6.45, 7) is 6.30. The van der Waals surface area contributed by atoms with Crippen molar-refractivity contribution in [3.63, 3.8) is 0 Å². The Bertz CT molecular complexity index is 796. The Labute approximate surface area is 148 Å². The van der Waals surface area contributed by atoms with E-state index in [1.54, 1.807) is 29.2 Å². The molecular formula is C18H23N3O3S. The van der Waals surface area contributed by atoms with Crippen LogP contribution in [-0.2, 0) is 9.84 Å². The summed E-state index contributed by atoms with van der Waals surface area (Å²) in [4.78, 5) is 16.9. The fraction of sp³-hybridized carbons (Fsp3) is 0.556. The summed E-state index contributed by atoms with van der Waals surface area (Å²) >= 11 is 0. The quantitative estimate of drug-likeness (QED) is 0.806. The first-order valence-electron chi connectivity index (χ1n) is 8.56. The summed E-state index contributed by atoms with van der Waals surface area (Å²) in [7, 11) is -3.14. The van der Waals surface area contributed by atoms with Crippen molar-refractivity contribution in [3.8, 4) is 6.07 Å². The second kappa shape index (κ2) is 6.77. The summed E-state index contributed by atoms with van der Waals surface area (Å²) < 4.78 is 24.4. The predicted octanol–water partition coefficient (Wildman–Crippen LogP) is 1.14. The van der Waals surface area contributed by atoms with E-state index in [0.29, 0.717) is 30.1 Å². The molecule has 0 radical (unpaired) electrons. The molecule has 2 aliphatic heterocycles. The van der Waals surface area contributed by atoms with Crippen molar-refractivity contribution in [1.29, 1.82) is 5.26 Å². The van der Waals surface area contributed by atoms with E-state index in [0.717, 1.165) is 6.54 Å². The number of benzene rings is 1. The van der Waals surface area contributed by atoms with Gasteiger partial charge in [-0.05, 0) is 30.2 Å². The van der Waals surface area contributed by atoms with Crippen LogP contribution < -0.4 is 0 Å². The maximum absolute atomic E-state index is 12.9. The Balaban J connectivity index is 1.84. The fourth-order valence-corrected chi connectivity index (χ4v) is 5.84. The summed E-state index contributed by atoms with van der Waals surface area (Å²) in [5.74, 6) is 0.459. The highest BCUT2D eigenvalue weighted by atomic mass is 32.2. The zero-order valence-electron chi connectivity index (χ0n) is 14.6. The van der Waals surface area contributed by atoms with Crippen molar-refractivity contribution < 1.29 is 13.2 Å². The molecule has 0 N–H and O–H groups in total. The smallest absolute Gasteiger partial charge is 0.254 e. The molecule has 25 heavy (non-hydrogen) atoms. The number of nitrogens with zero attached hydrogens (tertiary/aromatic N) is 3.